The van der Waals surface area contributed by atoms with Gasteiger partial charge >= 0.3 is 6.36 Å². The molecule has 3 rings (SSSR count). The van der Waals surface area contributed by atoms with E-state index in [1.165, 1.54) is 12.1 Å². The van der Waals surface area contributed by atoms with Crippen molar-refractivity contribution in [3.63, 3.8) is 0 Å². The first-order valence-electron chi connectivity index (χ1n) is 7.87. The first-order valence-corrected chi connectivity index (χ1v) is 7.87. The summed E-state index contributed by atoms with van der Waals surface area (Å²) < 4.78 is 40.3. The molecule has 0 radical (unpaired) electrons. The number of ether oxygens (including phenoxy) is 1. The average Bonchev–Trinajstić information content (AvgIpc) is 2.61. The topological polar surface area (TPSA) is 32.8 Å². The predicted octanol–water partition coefficient (Wildman–Crippen LogP) is 3.55. The highest BCUT2D eigenvalue weighted by atomic mass is 19.4. The third-order valence-corrected chi connectivity index (χ3v) is 4.02. The van der Waals surface area contributed by atoms with E-state index >= 15 is 0 Å². The number of hydrogen-bond donors (Lipinski definition) is 0. The number of benzene rings is 2. The first-order chi connectivity index (χ1) is 11.9. The molecular formula is C18H17F3N2O2. The number of hydrogen-bond acceptors (Lipinski definition) is 3. The second-order valence-corrected chi connectivity index (χ2v) is 5.69. The van der Waals surface area contributed by atoms with Crippen LogP contribution in [0.1, 0.15) is 10.4 Å². The third-order valence-electron chi connectivity index (χ3n) is 4.02. The van der Waals surface area contributed by atoms with Crippen molar-refractivity contribution >= 4 is 11.6 Å². The minimum absolute atomic E-state index is 0.189. The molecule has 132 valence electrons. The van der Waals surface area contributed by atoms with Gasteiger partial charge in [0.1, 0.15) is 5.75 Å². The molecule has 1 saturated heterocycles. The van der Waals surface area contributed by atoms with Gasteiger partial charge in [0.25, 0.3) is 5.91 Å². The van der Waals surface area contributed by atoms with Gasteiger partial charge in [-0.05, 0) is 36.4 Å². The zero-order chi connectivity index (χ0) is 17.9. The molecule has 1 fully saturated rings. The molecule has 2 aromatic rings. The molecule has 1 heterocycles. The van der Waals surface area contributed by atoms with Gasteiger partial charge < -0.3 is 14.5 Å². The van der Waals surface area contributed by atoms with E-state index in [0.717, 1.165) is 17.8 Å². The maximum atomic E-state index is 12.5. The second kappa shape index (κ2) is 7.04. The number of rotatable bonds is 3. The molecule has 0 atom stereocenters. The van der Waals surface area contributed by atoms with E-state index in [2.05, 4.69) is 9.64 Å². The van der Waals surface area contributed by atoms with Crippen LogP contribution in [0.2, 0.25) is 0 Å². The molecule has 4 nitrogen and oxygen atoms in total. The maximum absolute atomic E-state index is 12.5. The largest absolute Gasteiger partial charge is 0.573 e. The number of carbonyl (C=O) groups is 1. The van der Waals surface area contributed by atoms with Gasteiger partial charge in [0.05, 0.1) is 0 Å². The molecule has 2 aromatic carbocycles. The Morgan fingerprint density at radius 3 is 2.04 bits per heavy atom. The summed E-state index contributed by atoms with van der Waals surface area (Å²) in [6.45, 7) is 2.55. The molecule has 0 N–H and O–H groups in total. The monoisotopic (exact) mass is 350 g/mol. The average molecular weight is 350 g/mol. The molecule has 1 aliphatic heterocycles. The van der Waals surface area contributed by atoms with E-state index in [1.807, 2.05) is 30.3 Å². The Labute approximate surface area is 143 Å². The highest BCUT2D eigenvalue weighted by Crippen LogP contribution is 2.23. The highest BCUT2D eigenvalue weighted by molar-refractivity contribution is 5.94. The van der Waals surface area contributed by atoms with E-state index in [0.29, 0.717) is 31.7 Å². The van der Waals surface area contributed by atoms with Crippen LogP contribution < -0.4 is 9.64 Å². The summed E-state index contributed by atoms with van der Waals surface area (Å²) in [6.07, 6.45) is -4.74. The number of piperazine rings is 1. The summed E-state index contributed by atoms with van der Waals surface area (Å²) in [4.78, 5) is 16.4. The molecule has 0 spiro atoms. The lowest BCUT2D eigenvalue weighted by Crippen LogP contribution is -2.48. The van der Waals surface area contributed by atoms with Crippen LogP contribution in [0.5, 0.6) is 5.75 Å². The van der Waals surface area contributed by atoms with Gasteiger partial charge in [-0.25, -0.2) is 0 Å². The summed E-state index contributed by atoms with van der Waals surface area (Å²) in [5.41, 5.74) is 1.46. The van der Waals surface area contributed by atoms with E-state index in [-0.39, 0.29) is 11.7 Å². The summed E-state index contributed by atoms with van der Waals surface area (Å²) in [7, 11) is 0. The minimum Gasteiger partial charge on any atom is -0.406 e. The first kappa shape index (κ1) is 17.1. The standard InChI is InChI=1S/C18H17F3N2O2/c19-18(20,21)25-16-8-6-14(7-9-16)17(24)23-12-10-22(11-13-23)15-4-2-1-3-5-15/h1-9H,10-13H2. The lowest BCUT2D eigenvalue weighted by Gasteiger charge is -2.36. The van der Waals surface area contributed by atoms with Crippen molar-refractivity contribution in [1.29, 1.82) is 0 Å². The van der Waals surface area contributed by atoms with E-state index in [9.17, 15) is 18.0 Å². The summed E-state index contributed by atoms with van der Waals surface area (Å²) in [6, 6.07) is 15.0. The van der Waals surface area contributed by atoms with Gasteiger partial charge in [0, 0.05) is 37.4 Å². The fourth-order valence-corrected chi connectivity index (χ4v) is 2.79. The fraction of sp³-hybridized carbons (Fsp3) is 0.278. The molecule has 25 heavy (non-hydrogen) atoms. The fourth-order valence-electron chi connectivity index (χ4n) is 2.79. The molecule has 1 amide bonds. The van der Waals surface area contributed by atoms with Crippen LogP contribution in [0.3, 0.4) is 0 Å². The lowest BCUT2D eigenvalue weighted by atomic mass is 10.1. The van der Waals surface area contributed by atoms with Crippen LogP contribution in [0.15, 0.2) is 54.6 Å². The lowest BCUT2D eigenvalue weighted by molar-refractivity contribution is -0.274. The molecular weight excluding hydrogens is 333 g/mol. The van der Waals surface area contributed by atoms with E-state index in [4.69, 9.17) is 0 Å². The van der Waals surface area contributed by atoms with Gasteiger partial charge in [-0.3, -0.25) is 4.79 Å². The van der Waals surface area contributed by atoms with E-state index in [1.54, 1.807) is 4.90 Å². The molecule has 0 saturated carbocycles. The van der Waals surface area contributed by atoms with Crippen LogP contribution in [-0.2, 0) is 0 Å². The van der Waals surface area contributed by atoms with Gasteiger partial charge in [-0.15, -0.1) is 13.2 Å². The van der Waals surface area contributed by atoms with Crippen molar-refractivity contribution in [1.82, 2.24) is 4.90 Å². The van der Waals surface area contributed by atoms with Gasteiger partial charge in [-0.1, -0.05) is 18.2 Å². The van der Waals surface area contributed by atoms with Gasteiger partial charge in [-0.2, -0.15) is 0 Å². The summed E-state index contributed by atoms with van der Waals surface area (Å²) >= 11 is 0. The molecule has 0 bridgehead atoms. The molecule has 0 unspecified atom stereocenters. The number of para-hydroxylation sites is 1. The van der Waals surface area contributed by atoms with Crippen molar-refractivity contribution < 1.29 is 22.7 Å². The number of carbonyl (C=O) groups excluding carboxylic acids is 1. The smallest absolute Gasteiger partial charge is 0.406 e. The highest BCUT2D eigenvalue weighted by Gasteiger charge is 2.31. The predicted molar refractivity (Wildman–Crippen MR) is 87.7 cm³/mol. The Balaban J connectivity index is 1.59. The second-order valence-electron chi connectivity index (χ2n) is 5.69. The minimum atomic E-state index is -4.74. The van der Waals surface area contributed by atoms with Crippen molar-refractivity contribution in [2.75, 3.05) is 31.1 Å². The summed E-state index contributed by atoms with van der Waals surface area (Å²) in [5.74, 6) is -0.524. The van der Waals surface area contributed by atoms with Gasteiger partial charge in [0.15, 0.2) is 0 Å². The van der Waals surface area contributed by atoms with Gasteiger partial charge in [0.2, 0.25) is 0 Å². The zero-order valence-electron chi connectivity index (χ0n) is 13.4. The Morgan fingerprint density at radius 1 is 0.880 bits per heavy atom. The maximum Gasteiger partial charge on any atom is 0.573 e. The number of alkyl halides is 3. The van der Waals surface area contributed by atoms with Crippen molar-refractivity contribution in [3.8, 4) is 5.75 Å². The third kappa shape index (κ3) is 4.43. The number of amides is 1. The van der Waals surface area contributed by atoms with Crippen LogP contribution in [-0.4, -0.2) is 43.3 Å². The van der Waals surface area contributed by atoms with E-state index < -0.39 is 6.36 Å². The molecule has 0 aromatic heterocycles. The Morgan fingerprint density at radius 2 is 1.48 bits per heavy atom. The zero-order valence-corrected chi connectivity index (χ0v) is 13.4. The van der Waals surface area contributed by atoms with Crippen molar-refractivity contribution in [2.45, 2.75) is 6.36 Å². The Bertz CT molecular complexity index is 709. The molecule has 7 heteroatoms. The Hall–Kier alpha value is -2.70. The number of anilines is 1. The Kier molecular flexibility index (Phi) is 4.83. The van der Waals surface area contributed by atoms with Crippen LogP contribution in [0.25, 0.3) is 0 Å². The quantitative estimate of drug-likeness (QED) is 0.849. The van der Waals surface area contributed by atoms with Crippen LogP contribution in [0.4, 0.5) is 18.9 Å². The molecule has 0 aliphatic carbocycles. The van der Waals surface area contributed by atoms with Crippen LogP contribution >= 0.6 is 0 Å². The number of halogens is 3. The molecule has 1 aliphatic rings. The van der Waals surface area contributed by atoms with Crippen LogP contribution in [0, 0.1) is 0 Å². The van der Waals surface area contributed by atoms with Crippen molar-refractivity contribution in [3.05, 3.63) is 60.2 Å². The SMILES string of the molecule is O=C(c1ccc(OC(F)(F)F)cc1)N1CCN(c2ccccc2)CC1. The number of nitrogens with zero attached hydrogens (tertiary/aromatic N) is 2. The normalized spacial score (nSPS) is 15.2. The van der Waals surface area contributed by atoms with Crippen molar-refractivity contribution in [2.24, 2.45) is 0 Å². The summed E-state index contributed by atoms with van der Waals surface area (Å²) in [5, 5.41) is 0.